The number of sulfonamides is 2. The SMILES string of the molecule is CC1(C)OB(c2cncc(NS(=O)(=O)c3ccccc3)c2)OC1(C)C.O=S(=O)(Nc1cncc(Br)c1)c1ccccc1. The van der Waals surface area contributed by atoms with E-state index in [4.69, 9.17) is 9.31 Å². The molecule has 0 atom stereocenters. The van der Waals surface area contributed by atoms with E-state index in [1.165, 1.54) is 36.7 Å². The summed E-state index contributed by atoms with van der Waals surface area (Å²) in [5.41, 5.74) is 0.486. The lowest BCUT2D eigenvalue weighted by Gasteiger charge is -2.32. The van der Waals surface area contributed by atoms with Gasteiger partial charge in [0.1, 0.15) is 0 Å². The number of nitrogens with zero attached hydrogens (tertiary/aromatic N) is 2. The molecule has 0 spiro atoms. The number of anilines is 2. The Kier molecular flexibility index (Phi) is 9.43. The van der Waals surface area contributed by atoms with Gasteiger partial charge in [0.15, 0.2) is 0 Å². The molecule has 0 unspecified atom stereocenters. The van der Waals surface area contributed by atoms with Crippen molar-refractivity contribution in [2.45, 2.75) is 48.7 Å². The predicted molar refractivity (Wildman–Crippen MR) is 166 cm³/mol. The number of pyridine rings is 2. The Morgan fingerprint density at radius 3 is 1.55 bits per heavy atom. The fourth-order valence-corrected chi connectivity index (χ4v) is 6.19. The number of nitrogens with one attached hydrogen (secondary N) is 2. The van der Waals surface area contributed by atoms with Gasteiger partial charge in [0.2, 0.25) is 0 Å². The van der Waals surface area contributed by atoms with Crippen LogP contribution in [0, 0.1) is 0 Å². The van der Waals surface area contributed by atoms with Gasteiger partial charge in [0, 0.05) is 22.3 Å². The molecule has 1 saturated heterocycles. The average Bonchev–Trinajstić information content (AvgIpc) is 3.16. The van der Waals surface area contributed by atoms with E-state index in [0.29, 0.717) is 21.3 Å². The van der Waals surface area contributed by atoms with Crippen LogP contribution in [0.3, 0.4) is 0 Å². The Morgan fingerprint density at radius 2 is 1.10 bits per heavy atom. The highest BCUT2D eigenvalue weighted by atomic mass is 79.9. The van der Waals surface area contributed by atoms with Crippen LogP contribution in [0.5, 0.6) is 0 Å². The minimum absolute atomic E-state index is 0.191. The van der Waals surface area contributed by atoms with Crippen molar-refractivity contribution >= 4 is 59.9 Å². The van der Waals surface area contributed by atoms with Crippen LogP contribution in [0.4, 0.5) is 11.4 Å². The summed E-state index contributed by atoms with van der Waals surface area (Å²) in [7, 11) is -7.81. The molecule has 5 rings (SSSR count). The van der Waals surface area contributed by atoms with Crippen molar-refractivity contribution in [3.63, 3.8) is 0 Å². The van der Waals surface area contributed by atoms with Crippen molar-refractivity contribution in [3.05, 3.63) is 102 Å². The number of halogens is 1. The van der Waals surface area contributed by atoms with Gasteiger partial charge in [-0.2, -0.15) is 0 Å². The Labute approximate surface area is 255 Å². The first-order chi connectivity index (χ1) is 19.7. The van der Waals surface area contributed by atoms with Gasteiger partial charge in [0.25, 0.3) is 20.0 Å². The smallest absolute Gasteiger partial charge is 0.399 e. The number of benzene rings is 2. The lowest BCUT2D eigenvalue weighted by molar-refractivity contribution is 0.00578. The zero-order chi connectivity index (χ0) is 30.6. The molecule has 1 aliphatic heterocycles. The number of hydrogen-bond donors (Lipinski definition) is 2. The summed E-state index contributed by atoms with van der Waals surface area (Å²) >= 11 is 3.23. The lowest BCUT2D eigenvalue weighted by Crippen LogP contribution is -2.41. The molecular weight excluding hydrogens is 643 g/mol. The average molecular weight is 673 g/mol. The van der Waals surface area contributed by atoms with E-state index in [2.05, 4.69) is 35.3 Å². The van der Waals surface area contributed by atoms with Crippen LogP contribution in [0.25, 0.3) is 0 Å². The van der Waals surface area contributed by atoms with Gasteiger partial charge >= 0.3 is 7.12 Å². The van der Waals surface area contributed by atoms with Gasteiger partial charge < -0.3 is 9.31 Å². The Balaban J connectivity index is 0.000000208. The summed E-state index contributed by atoms with van der Waals surface area (Å²) in [5.74, 6) is 0. The third-order valence-electron chi connectivity index (χ3n) is 6.60. The normalized spacial score (nSPS) is 15.8. The van der Waals surface area contributed by atoms with Gasteiger partial charge in [-0.15, -0.1) is 0 Å². The number of hydrogen-bond acceptors (Lipinski definition) is 8. The first-order valence-electron chi connectivity index (χ1n) is 12.8. The van der Waals surface area contributed by atoms with Crippen molar-refractivity contribution in [3.8, 4) is 0 Å². The third-order valence-corrected chi connectivity index (χ3v) is 9.83. The molecule has 10 nitrogen and oxygen atoms in total. The fraction of sp³-hybridized carbons (Fsp3) is 0.214. The standard InChI is InChI=1S/C17H21BN2O4S.C11H9BrN2O2S/c1-16(2)17(3,4)24-18(23-16)13-10-14(12-19-11-13)20-25(21,22)15-8-6-5-7-9-15;12-9-6-10(8-13-7-9)14-17(15,16)11-4-2-1-3-5-11/h5-12,20H,1-4H3;1-8,14H. The summed E-state index contributed by atoms with van der Waals surface area (Å²) in [6, 6.07) is 19.7. The van der Waals surface area contributed by atoms with Crippen LogP contribution < -0.4 is 14.9 Å². The van der Waals surface area contributed by atoms with E-state index in [1.54, 1.807) is 60.9 Å². The maximum absolute atomic E-state index is 12.4. The van der Waals surface area contributed by atoms with Crippen molar-refractivity contribution in [2.75, 3.05) is 9.44 Å². The van der Waals surface area contributed by atoms with Crippen molar-refractivity contribution in [2.24, 2.45) is 0 Å². The first-order valence-corrected chi connectivity index (χ1v) is 16.5. The second kappa shape index (κ2) is 12.5. The van der Waals surface area contributed by atoms with Crippen LogP contribution in [0.1, 0.15) is 27.7 Å². The second-order valence-corrected chi connectivity index (χ2v) is 14.6. The molecule has 42 heavy (non-hydrogen) atoms. The highest BCUT2D eigenvalue weighted by Gasteiger charge is 2.51. The molecule has 1 aliphatic rings. The summed E-state index contributed by atoms with van der Waals surface area (Å²) in [6.07, 6.45) is 6.10. The Bertz CT molecular complexity index is 1730. The quantitative estimate of drug-likeness (QED) is 0.267. The van der Waals surface area contributed by atoms with Crippen LogP contribution in [-0.4, -0.2) is 45.1 Å². The minimum Gasteiger partial charge on any atom is -0.399 e. The molecule has 2 aromatic heterocycles. The first kappa shape index (κ1) is 31.6. The molecule has 4 aromatic rings. The van der Waals surface area contributed by atoms with Gasteiger partial charge in [0.05, 0.1) is 44.8 Å². The number of rotatable bonds is 7. The summed E-state index contributed by atoms with van der Waals surface area (Å²) < 4.78 is 66.5. The molecule has 220 valence electrons. The summed E-state index contributed by atoms with van der Waals surface area (Å²) in [5, 5.41) is 0. The van der Waals surface area contributed by atoms with Crippen molar-refractivity contribution in [1.29, 1.82) is 0 Å². The molecule has 0 aliphatic carbocycles. The van der Waals surface area contributed by atoms with E-state index in [-0.39, 0.29) is 9.79 Å². The molecule has 0 saturated carbocycles. The topological polar surface area (TPSA) is 137 Å². The zero-order valence-electron chi connectivity index (χ0n) is 23.4. The van der Waals surface area contributed by atoms with Gasteiger partial charge in [-0.3, -0.25) is 19.4 Å². The van der Waals surface area contributed by atoms with Gasteiger partial charge in [-0.25, -0.2) is 16.8 Å². The molecule has 0 radical (unpaired) electrons. The highest BCUT2D eigenvalue weighted by molar-refractivity contribution is 9.10. The summed E-state index contributed by atoms with van der Waals surface area (Å²) in [4.78, 5) is 8.42. The Hall–Kier alpha value is -3.30. The largest absolute Gasteiger partial charge is 0.496 e. The predicted octanol–water partition coefficient (Wildman–Crippen LogP) is 4.83. The zero-order valence-corrected chi connectivity index (χ0v) is 26.6. The molecule has 0 amide bonds. The molecule has 0 bridgehead atoms. The van der Waals surface area contributed by atoms with Crippen molar-refractivity contribution < 1.29 is 26.1 Å². The van der Waals surface area contributed by atoms with E-state index < -0.39 is 38.4 Å². The van der Waals surface area contributed by atoms with Crippen LogP contribution in [0.15, 0.2) is 112 Å². The van der Waals surface area contributed by atoms with E-state index in [0.717, 1.165) is 0 Å². The fourth-order valence-electron chi connectivity index (χ4n) is 3.72. The molecule has 3 heterocycles. The van der Waals surface area contributed by atoms with E-state index in [1.807, 2.05) is 27.7 Å². The maximum atomic E-state index is 12.4. The van der Waals surface area contributed by atoms with Crippen LogP contribution in [-0.2, 0) is 29.4 Å². The van der Waals surface area contributed by atoms with E-state index >= 15 is 0 Å². The molecule has 2 N–H and O–H groups in total. The molecule has 2 aromatic carbocycles. The molecule has 1 fully saturated rings. The van der Waals surface area contributed by atoms with Crippen LogP contribution >= 0.6 is 15.9 Å². The molecular formula is C28H30BBrN4O6S2. The lowest BCUT2D eigenvalue weighted by atomic mass is 9.80. The highest BCUT2D eigenvalue weighted by Crippen LogP contribution is 2.36. The van der Waals surface area contributed by atoms with Crippen molar-refractivity contribution in [1.82, 2.24) is 9.97 Å². The van der Waals surface area contributed by atoms with Gasteiger partial charge in [-0.05, 0) is 80.0 Å². The number of aromatic nitrogens is 2. The molecule has 14 heteroatoms. The summed E-state index contributed by atoms with van der Waals surface area (Å²) in [6.45, 7) is 7.84. The maximum Gasteiger partial charge on any atom is 0.496 e. The van der Waals surface area contributed by atoms with Crippen LogP contribution in [0.2, 0.25) is 0 Å². The second-order valence-electron chi connectivity index (χ2n) is 10.3. The third kappa shape index (κ3) is 7.75. The monoisotopic (exact) mass is 672 g/mol. The van der Waals surface area contributed by atoms with E-state index in [9.17, 15) is 16.8 Å². The Morgan fingerprint density at radius 1 is 0.667 bits per heavy atom. The minimum atomic E-state index is -3.67. The van der Waals surface area contributed by atoms with Gasteiger partial charge in [-0.1, -0.05) is 36.4 Å².